The van der Waals surface area contributed by atoms with E-state index < -0.39 is 11.8 Å². The van der Waals surface area contributed by atoms with Crippen LogP contribution in [0, 0.1) is 5.82 Å². The predicted octanol–water partition coefficient (Wildman–Crippen LogP) is 2.85. The molecule has 0 saturated carbocycles. The quantitative estimate of drug-likeness (QED) is 0.926. The molecular formula is C14H18FNO2S. The third-order valence-electron chi connectivity index (χ3n) is 3.17. The van der Waals surface area contributed by atoms with Crippen LogP contribution in [0.15, 0.2) is 18.2 Å². The van der Waals surface area contributed by atoms with Crippen LogP contribution in [0.2, 0.25) is 0 Å². The molecule has 2 rings (SSSR count). The van der Waals surface area contributed by atoms with Crippen LogP contribution in [-0.4, -0.2) is 39.6 Å². The molecule has 0 aliphatic carbocycles. The molecule has 3 nitrogen and oxygen atoms in total. The molecule has 19 heavy (non-hydrogen) atoms. The molecule has 5 heteroatoms. The number of carbonyl (C=O) groups is 1. The van der Waals surface area contributed by atoms with Crippen LogP contribution in [-0.2, 0) is 6.54 Å². The fraction of sp³-hybridized carbons (Fsp3) is 0.500. The van der Waals surface area contributed by atoms with Gasteiger partial charge in [0.25, 0.3) is 0 Å². The highest BCUT2D eigenvalue weighted by Gasteiger charge is 2.22. The molecule has 1 N–H and O–H groups in total. The van der Waals surface area contributed by atoms with Crippen molar-refractivity contribution in [1.29, 1.82) is 0 Å². The highest BCUT2D eigenvalue weighted by atomic mass is 32.2. The molecule has 2 unspecified atom stereocenters. The van der Waals surface area contributed by atoms with Crippen LogP contribution >= 0.6 is 11.8 Å². The average molecular weight is 283 g/mol. The number of nitrogens with zero attached hydrogens (tertiary/aromatic N) is 1. The van der Waals surface area contributed by atoms with Gasteiger partial charge in [0.1, 0.15) is 5.82 Å². The monoisotopic (exact) mass is 283 g/mol. The van der Waals surface area contributed by atoms with E-state index in [9.17, 15) is 9.18 Å². The molecule has 104 valence electrons. The molecular weight excluding hydrogens is 265 g/mol. The number of aromatic carboxylic acids is 1. The fourth-order valence-corrected chi connectivity index (χ4v) is 3.89. The molecule has 1 aromatic carbocycles. The molecule has 0 aromatic heterocycles. The number of carboxylic acid groups (broad SMARTS) is 1. The van der Waals surface area contributed by atoms with Gasteiger partial charge >= 0.3 is 5.97 Å². The molecule has 1 aliphatic heterocycles. The summed E-state index contributed by atoms with van der Waals surface area (Å²) in [4.78, 5) is 13.0. The zero-order valence-electron chi connectivity index (χ0n) is 11.1. The molecule has 1 aliphatic rings. The van der Waals surface area contributed by atoms with Gasteiger partial charge in [-0.3, -0.25) is 4.90 Å². The minimum atomic E-state index is -1.22. The third-order valence-corrected chi connectivity index (χ3v) is 4.39. The van der Waals surface area contributed by atoms with E-state index in [0.29, 0.717) is 17.0 Å². The topological polar surface area (TPSA) is 40.5 Å². The van der Waals surface area contributed by atoms with Gasteiger partial charge in [-0.15, -0.1) is 0 Å². The normalized spacial score (nSPS) is 24.4. The van der Waals surface area contributed by atoms with Crippen molar-refractivity contribution in [3.63, 3.8) is 0 Å². The van der Waals surface area contributed by atoms with Crippen molar-refractivity contribution in [2.24, 2.45) is 0 Å². The Morgan fingerprint density at radius 1 is 1.42 bits per heavy atom. The summed E-state index contributed by atoms with van der Waals surface area (Å²) < 4.78 is 13.6. The van der Waals surface area contributed by atoms with E-state index >= 15 is 0 Å². The van der Waals surface area contributed by atoms with E-state index in [-0.39, 0.29) is 5.56 Å². The minimum Gasteiger partial charge on any atom is -0.478 e. The lowest BCUT2D eigenvalue weighted by molar-refractivity contribution is 0.0692. The Kier molecular flexibility index (Phi) is 4.47. The highest BCUT2D eigenvalue weighted by Crippen LogP contribution is 2.26. The minimum absolute atomic E-state index is 0.264. The summed E-state index contributed by atoms with van der Waals surface area (Å²) in [5.74, 6) is -1.88. The van der Waals surface area contributed by atoms with Gasteiger partial charge in [-0.25, -0.2) is 9.18 Å². The Morgan fingerprint density at radius 2 is 2.05 bits per heavy atom. The Hall–Kier alpha value is -1.07. The molecule has 1 saturated heterocycles. The Labute approximate surface area is 116 Å². The first-order valence-electron chi connectivity index (χ1n) is 6.35. The van der Waals surface area contributed by atoms with E-state index in [0.717, 1.165) is 18.7 Å². The second kappa shape index (κ2) is 5.92. The van der Waals surface area contributed by atoms with Gasteiger partial charge in [0, 0.05) is 30.1 Å². The second-order valence-electron chi connectivity index (χ2n) is 5.07. The lowest BCUT2D eigenvalue weighted by Crippen LogP contribution is -2.39. The molecule has 1 aromatic rings. The maximum absolute atomic E-state index is 13.6. The maximum atomic E-state index is 13.6. The number of rotatable bonds is 3. The van der Waals surface area contributed by atoms with Gasteiger partial charge in [-0.1, -0.05) is 19.9 Å². The first-order valence-corrected chi connectivity index (χ1v) is 7.29. The van der Waals surface area contributed by atoms with Gasteiger partial charge in [0.2, 0.25) is 0 Å². The van der Waals surface area contributed by atoms with Gasteiger partial charge < -0.3 is 5.11 Å². The van der Waals surface area contributed by atoms with E-state index in [1.165, 1.54) is 12.1 Å². The van der Waals surface area contributed by atoms with Crippen molar-refractivity contribution in [1.82, 2.24) is 4.90 Å². The van der Waals surface area contributed by atoms with Crippen LogP contribution in [0.25, 0.3) is 0 Å². The summed E-state index contributed by atoms with van der Waals surface area (Å²) in [6.45, 7) is 7.03. The van der Waals surface area contributed by atoms with Crippen LogP contribution in [0.1, 0.15) is 29.8 Å². The molecule has 0 amide bonds. The van der Waals surface area contributed by atoms with Gasteiger partial charge in [-0.2, -0.15) is 11.8 Å². The molecule has 1 fully saturated rings. The summed E-state index contributed by atoms with van der Waals surface area (Å²) in [6, 6.07) is 4.38. The summed E-state index contributed by atoms with van der Waals surface area (Å²) in [5.41, 5.74) is 0.563. The van der Waals surface area contributed by atoms with Crippen molar-refractivity contribution in [3.8, 4) is 0 Å². The summed E-state index contributed by atoms with van der Waals surface area (Å²) >= 11 is 1.97. The van der Waals surface area contributed by atoms with Gasteiger partial charge in [0.15, 0.2) is 0 Å². The van der Waals surface area contributed by atoms with Crippen molar-refractivity contribution in [2.45, 2.75) is 30.9 Å². The lowest BCUT2D eigenvalue weighted by Gasteiger charge is -2.34. The van der Waals surface area contributed by atoms with E-state index in [1.807, 2.05) is 11.8 Å². The van der Waals surface area contributed by atoms with Crippen molar-refractivity contribution in [3.05, 3.63) is 35.1 Å². The van der Waals surface area contributed by atoms with Crippen LogP contribution in [0.5, 0.6) is 0 Å². The Balaban J connectivity index is 2.07. The molecule has 0 bridgehead atoms. The maximum Gasteiger partial charge on any atom is 0.338 e. The fourth-order valence-electron chi connectivity index (χ4n) is 2.50. The zero-order valence-corrected chi connectivity index (χ0v) is 11.9. The first kappa shape index (κ1) is 14.3. The molecule has 2 atom stereocenters. The summed E-state index contributed by atoms with van der Waals surface area (Å²) in [6.07, 6.45) is 0. The summed E-state index contributed by atoms with van der Waals surface area (Å²) in [5, 5.41) is 9.95. The van der Waals surface area contributed by atoms with Crippen molar-refractivity contribution >= 4 is 17.7 Å². The SMILES string of the molecule is CC1CN(Cc2ccc(C(=O)O)c(F)c2)CC(C)S1. The van der Waals surface area contributed by atoms with Crippen LogP contribution in [0.4, 0.5) is 4.39 Å². The number of thioether (sulfide) groups is 1. The molecule has 1 heterocycles. The third kappa shape index (κ3) is 3.70. The standard InChI is InChI=1S/C14H18FNO2S/c1-9-6-16(7-10(2)19-9)8-11-3-4-12(14(17)18)13(15)5-11/h3-5,9-10H,6-8H2,1-2H3,(H,17,18). The van der Waals surface area contributed by atoms with Crippen LogP contribution in [0.3, 0.4) is 0 Å². The number of hydrogen-bond acceptors (Lipinski definition) is 3. The van der Waals surface area contributed by atoms with Crippen LogP contribution < -0.4 is 0 Å². The molecule has 0 radical (unpaired) electrons. The highest BCUT2D eigenvalue weighted by molar-refractivity contribution is 8.00. The van der Waals surface area contributed by atoms with Crippen molar-refractivity contribution in [2.75, 3.05) is 13.1 Å². The van der Waals surface area contributed by atoms with E-state index in [1.54, 1.807) is 6.07 Å². The average Bonchev–Trinajstić information content (AvgIpc) is 2.26. The zero-order chi connectivity index (χ0) is 14.0. The number of carboxylic acids is 1. The predicted molar refractivity (Wildman–Crippen MR) is 75.2 cm³/mol. The van der Waals surface area contributed by atoms with Gasteiger partial charge in [-0.05, 0) is 17.7 Å². The lowest BCUT2D eigenvalue weighted by atomic mass is 10.1. The first-order chi connectivity index (χ1) is 8.95. The Bertz CT molecular complexity index is 471. The largest absolute Gasteiger partial charge is 0.478 e. The Morgan fingerprint density at radius 3 is 2.58 bits per heavy atom. The molecule has 0 spiro atoms. The number of hydrogen-bond donors (Lipinski definition) is 1. The smallest absolute Gasteiger partial charge is 0.338 e. The van der Waals surface area contributed by atoms with Gasteiger partial charge in [0.05, 0.1) is 5.56 Å². The second-order valence-corrected chi connectivity index (χ2v) is 6.95. The van der Waals surface area contributed by atoms with E-state index in [4.69, 9.17) is 5.11 Å². The van der Waals surface area contributed by atoms with Crippen molar-refractivity contribution < 1.29 is 14.3 Å². The summed E-state index contributed by atoms with van der Waals surface area (Å²) in [7, 11) is 0. The number of benzene rings is 1. The number of halogens is 1. The van der Waals surface area contributed by atoms with E-state index in [2.05, 4.69) is 18.7 Å².